The molecule has 0 radical (unpaired) electrons. The van der Waals surface area contributed by atoms with Crippen LogP contribution in [0.15, 0.2) is 41.7 Å². The monoisotopic (exact) mass is 304 g/mol. The Bertz CT molecular complexity index is 700. The molecule has 0 aliphatic rings. The molecule has 5 nitrogen and oxygen atoms in total. The maximum atomic E-state index is 13.0. The number of aromatic nitrogens is 2. The summed E-state index contributed by atoms with van der Waals surface area (Å²) in [5.41, 5.74) is 12.5. The van der Waals surface area contributed by atoms with Crippen LogP contribution in [0.5, 0.6) is 0 Å². The normalized spacial score (nSPS) is 11.9. The molecule has 0 saturated heterocycles. The predicted molar refractivity (Wildman–Crippen MR) is 80.4 cm³/mol. The van der Waals surface area contributed by atoms with Crippen molar-refractivity contribution in [3.63, 3.8) is 0 Å². The first-order valence-electron chi connectivity index (χ1n) is 5.96. The number of rotatable bonds is 4. The number of thioether (sulfide) groups is 1. The molecule has 0 unspecified atom stereocenters. The molecule has 0 aliphatic carbocycles. The lowest BCUT2D eigenvalue weighted by Gasteiger charge is -2.09. The lowest BCUT2D eigenvalue weighted by molar-refractivity contribution is -0.112. The average Bonchev–Trinajstić information content (AvgIpc) is 2.49. The lowest BCUT2D eigenvalue weighted by atomic mass is 10.0. The first-order chi connectivity index (χ1) is 10.0. The Labute approximate surface area is 125 Å². The Hall–Kier alpha value is -2.41. The number of carbonyl (C=O) groups is 1. The smallest absolute Gasteiger partial charge is 0.251 e. The fourth-order valence-corrected chi connectivity index (χ4v) is 2.12. The minimum absolute atomic E-state index is 0.0979. The van der Waals surface area contributed by atoms with E-state index in [1.807, 2.05) is 6.26 Å². The van der Waals surface area contributed by atoms with Gasteiger partial charge in [-0.2, -0.15) is 0 Å². The summed E-state index contributed by atoms with van der Waals surface area (Å²) in [6, 6.07) is 6.94. The van der Waals surface area contributed by atoms with Gasteiger partial charge in [0.2, 0.25) is 0 Å². The molecule has 7 heteroatoms. The molecule has 0 spiro atoms. The van der Waals surface area contributed by atoms with Gasteiger partial charge in [0.15, 0.2) is 5.16 Å². The molecule has 1 aromatic heterocycles. The van der Waals surface area contributed by atoms with E-state index in [4.69, 9.17) is 11.5 Å². The molecule has 4 N–H and O–H groups in total. The van der Waals surface area contributed by atoms with Gasteiger partial charge in [-0.3, -0.25) is 4.79 Å². The molecule has 0 bridgehead atoms. The molecule has 2 aromatic rings. The van der Waals surface area contributed by atoms with E-state index >= 15 is 0 Å². The highest BCUT2D eigenvalue weighted by Crippen LogP contribution is 2.22. The van der Waals surface area contributed by atoms with Crippen LogP contribution in [0, 0.1) is 5.82 Å². The Balaban J connectivity index is 2.57. The predicted octanol–water partition coefficient (Wildman–Crippen LogP) is 1.65. The molecular formula is C14H13FN4OS. The van der Waals surface area contributed by atoms with Gasteiger partial charge in [-0.1, -0.05) is 23.9 Å². The fraction of sp³-hybridized carbons (Fsp3) is 0.0714. The summed E-state index contributed by atoms with van der Waals surface area (Å²) in [5, 5.41) is 0.526. The van der Waals surface area contributed by atoms with E-state index in [0.29, 0.717) is 16.4 Å². The van der Waals surface area contributed by atoms with Crippen molar-refractivity contribution in [1.82, 2.24) is 9.97 Å². The van der Waals surface area contributed by atoms with Gasteiger partial charge in [-0.15, -0.1) is 0 Å². The van der Waals surface area contributed by atoms with Crippen molar-refractivity contribution >= 4 is 28.9 Å². The van der Waals surface area contributed by atoms with E-state index in [2.05, 4.69) is 9.97 Å². The Kier molecular flexibility index (Phi) is 4.54. The minimum atomic E-state index is -0.705. The van der Waals surface area contributed by atoms with E-state index in [1.54, 1.807) is 12.3 Å². The standard InChI is InChI=1S/C14H13FN4OS/c1-21-14-18-7-6-10(19-14)12(16)11(13(17)20)8-2-4-9(15)5-3-8/h2-7H,16H2,1H3,(H2,17,20)/b12-11-. The lowest BCUT2D eigenvalue weighted by Crippen LogP contribution is -2.18. The Morgan fingerprint density at radius 3 is 2.43 bits per heavy atom. The van der Waals surface area contributed by atoms with Gasteiger partial charge in [0.05, 0.1) is 17.0 Å². The fourth-order valence-electron chi connectivity index (χ4n) is 1.76. The molecule has 1 aromatic carbocycles. The molecule has 0 aliphatic heterocycles. The van der Waals surface area contributed by atoms with E-state index in [9.17, 15) is 9.18 Å². The Morgan fingerprint density at radius 1 is 1.19 bits per heavy atom. The summed E-state index contributed by atoms with van der Waals surface area (Å²) in [5.74, 6) is -1.11. The summed E-state index contributed by atoms with van der Waals surface area (Å²) in [6.07, 6.45) is 3.37. The topological polar surface area (TPSA) is 94.9 Å². The van der Waals surface area contributed by atoms with Gasteiger partial charge in [0, 0.05) is 6.20 Å². The maximum Gasteiger partial charge on any atom is 0.251 e. The van der Waals surface area contributed by atoms with E-state index in [-0.39, 0.29) is 11.3 Å². The molecule has 0 saturated carbocycles. The summed E-state index contributed by atoms with van der Waals surface area (Å²) < 4.78 is 13.0. The van der Waals surface area contributed by atoms with Crippen LogP contribution >= 0.6 is 11.8 Å². The molecule has 2 rings (SSSR count). The van der Waals surface area contributed by atoms with Crippen molar-refractivity contribution in [1.29, 1.82) is 0 Å². The number of hydrogen-bond donors (Lipinski definition) is 2. The minimum Gasteiger partial charge on any atom is -0.396 e. The zero-order valence-electron chi connectivity index (χ0n) is 11.2. The van der Waals surface area contributed by atoms with Crippen LogP contribution in [0.3, 0.4) is 0 Å². The van der Waals surface area contributed by atoms with Gasteiger partial charge < -0.3 is 11.5 Å². The first kappa shape index (κ1) is 15.0. The molecular weight excluding hydrogens is 291 g/mol. The average molecular weight is 304 g/mol. The van der Waals surface area contributed by atoms with Crippen molar-refractivity contribution in [3.05, 3.63) is 53.6 Å². The molecule has 1 amide bonds. The van der Waals surface area contributed by atoms with Gasteiger partial charge >= 0.3 is 0 Å². The van der Waals surface area contributed by atoms with Crippen LogP contribution in [0.2, 0.25) is 0 Å². The molecule has 108 valence electrons. The third kappa shape index (κ3) is 3.38. The molecule has 21 heavy (non-hydrogen) atoms. The van der Waals surface area contributed by atoms with Gasteiger partial charge in [-0.05, 0) is 30.0 Å². The highest BCUT2D eigenvalue weighted by atomic mass is 32.2. The third-order valence-corrected chi connectivity index (χ3v) is 3.30. The van der Waals surface area contributed by atoms with Crippen molar-refractivity contribution in [2.75, 3.05) is 6.26 Å². The summed E-state index contributed by atoms with van der Waals surface area (Å²) in [6.45, 7) is 0. The van der Waals surface area contributed by atoms with E-state index in [1.165, 1.54) is 36.0 Å². The van der Waals surface area contributed by atoms with Gasteiger partial charge in [0.1, 0.15) is 5.82 Å². The van der Waals surface area contributed by atoms with Crippen LogP contribution in [0.1, 0.15) is 11.3 Å². The number of halogens is 1. The van der Waals surface area contributed by atoms with Crippen LogP contribution in [-0.4, -0.2) is 22.1 Å². The van der Waals surface area contributed by atoms with Crippen molar-refractivity contribution < 1.29 is 9.18 Å². The van der Waals surface area contributed by atoms with E-state index in [0.717, 1.165) is 0 Å². The van der Waals surface area contributed by atoms with E-state index < -0.39 is 11.7 Å². The van der Waals surface area contributed by atoms with Gasteiger partial charge in [-0.25, -0.2) is 14.4 Å². The number of amides is 1. The molecule has 0 fully saturated rings. The number of hydrogen-bond acceptors (Lipinski definition) is 5. The second kappa shape index (κ2) is 6.36. The first-order valence-corrected chi connectivity index (χ1v) is 7.18. The number of primary amides is 1. The van der Waals surface area contributed by atoms with Crippen LogP contribution in [-0.2, 0) is 4.79 Å². The zero-order valence-corrected chi connectivity index (χ0v) is 12.0. The van der Waals surface area contributed by atoms with Crippen molar-refractivity contribution in [2.45, 2.75) is 5.16 Å². The second-order valence-corrected chi connectivity index (χ2v) is 4.86. The number of nitrogens with two attached hydrogens (primary N) is 2. The number of nitrogens with zero attached hydrogens (tertiary/aromatic N) is 2. The molecule has 0 atom stereocenters. The highest BCUT2D eigenvalue weighted by molar-refractivity contribution is 7.98. The van der Waals surface area contributed by atoms with Crippen molar-refractivity contribution in [3.8, 4) is 0 Å². The summed E-state index contributed by atoms with van der Waals surface area (Å²) in [4.78, 5) is 20.0. The maximum absolute atomic E-state index is 13.0. The quantitative estimate of drug-likeness (QED) is 0.509. The number of benzene rings is 1. The zero-order chi connectivity index (χ0) is 15.4. The Morgan fingerprint density at radius 2 is 1.86 bits per heavy atom. The summed E-state index contributed by atoms with van der Waals surface area (Å²) >= 11 is 1.35. The largest absolute Gasteiger partial charge is 0.396 e. The van der Waals surface area contributed by atoms with Crippen LogP contribution < -0.4 is 11.5 Å². The summed E-state index contributed by atoms with van der Waals surface area (Å²) in [7, 11) is 0. The van der Waals surface area contributed by atoms with Crippen LogP contribution in [0.25, 0.3) is 11.3 Å². The van der Waals surface area contributed by atoms with Crippen LogP contribution in [0.4, 0.5) is 4.39 Å². The van der Waals surface area contributed by atoms with Gasteiger partial charge in [0.25, 0.3) is 5.91 Å². The number of carbonyl (C=O) groups excluding carboxylic acids is 1. The van der Waals surface area contributed by atoms with Crippen molar-refractivity contribution in [2.24, 2.45) is 11.5 Å². The SMILES string of the molecule is CSc1nccc(/C(N)=C(/C(N)=O)c2ccc(F)cc2)n1. The third-order valence-electron chi connectivity index (χ3n) is 2.74. The second-order valence-electron chi connectivity index (χ2n) is 4.09. The molecule has 1 heterocycles. The highest BCUT2D eigenvalue weighted by Gasteiger charge is 2.16.